The molecule has 1 aromatic heterocycles. The number of hydrogen-bond acceptors (Lipinski definition) is 2. The number of halogens is 3. The van der Waals surface area contributed by atoms with Crippen LogP contribution in [0.25, 0.3) is 0 Å². The number of pyridine rings is 1. The molecule has 0 bridgehead atoms. The van der Waals surface area contributed by atoms with Crippen LogP contribution < -0.4 is 4.74 Å². The van der Waals surface area contributed by atoms with E-state index >= 15 is 0 Å². The van der Waals surface area contributed by atoms with Gasteiger partial charge in [0.25, 0.3) is 0 Å². The number of hydrogen-bond donors (Lipinski definition) is 0. The van der Waals surface area contributed by atoms with Crippen molar-refractivity contribution in [3.63, 3.8) is 0 Å². The summed E-state index contributed by atoms with van der Waals surface area (Å²) in [6, 6.07) is 9.91. The summed E-state index contributed by atoms with van der Waals surface area (Å²) in [6.07, 6.45) is 1.71. The standard InChI is InChI=1S/C12H8Br3NO/c13-9-3-1-8(2-4-9)7-17-12-11(15)5-10(14)6-16-12/h1-6H,7H2. The second kappa shape index (κ2) is 5.98. The predicted molar refractivity (Wildman–Crippen MR) is 78.1 cm³/mol. The van der Waals surface area contributed by atoms with Gasteiger partial charge >= 0.3 is 0 Å². The van der Waals surface area contributed by atoms with E-state index in [4.69, 9.17) is 4.74 Å². The van der Waals surface area contributed by atoms with Gasteiger partial charge in [0.2, 0.25) is 5.88 Å². The van der Waals surface area contributed by atoms with Crippen molar-refractivity contribution in [1.29, 1.82) is 0 Å². The lowest BCUT2D eigenvalue weighted by Gasteiger charge is -2.07. The Kier molecular flexibility index (Phi) is 4.59. The fourth-order valence-electron chi connectivity index (χ4n) is 1.24. The molecule has 0 unspecified atom stereocenters. The van der Waals surface area contributed by atoms with Gasteiger partial charge in [-0.3, -0.25) is 0 Å². The van der Waals surface area contributed by atoms with Crippen molar-refractivity contribution < 1.29 is 4.74 Å². The maximum absolute atomic E-state index is 5.62. The third kappa shape index (κ3) is 3.79. The van der Waals surface area contributed by atoms with E-state index in [0.717, 1.165) is 19.0 Å². The van der Waals surface area contributed by atoms with Gasteiger partial charge in [-0.05, 0) is 55.6 Å². The Morgan fingerprint density at radius 3 is 2.35 bits per heavy atom. The van der Waals surface area contributed by atoms with Crippen LogP contribution in [0.3, 0.4) is 0 Å². The van der Waals surface area contributed by atoms with E-state index in [0.29, 0.717) is 12.5 Å². The molecular formula is C12H8Br3NO. The van der Waals surface area contributed by atoms with Crippen LogP contribution in [0.15, 0.2) is 49.9 Å². The van der Waals surface area contributed by atoms with Crippen molar-refractivity contribution in [2.45, 2.75) is 6.61 Å². The molecule has 88 valence electrons. The molecule has 1 heterocycles. The van der Waals surface area contributed by atoms with Crippen molar-refractivity contribution in [3.8, 4) is 5.88 Å². The number of rotatable bonds is 3. The molecule has 0 radical (unpaired) electrons. The zero-order valence-electron chi connectivity index (χ0n) is 8.66. The van der Waals surface area contributed by atoms with E-state index in [-0.39, 0.29) is 0 Å². The first kappa shape index (κ1) is 13.1. The normalized spacial score (nSPS) is 10.3. The van der Waals surface area contributed by atoms with Crippen LogP contribution >= 0.6 is 47.8 Å². The summed E-state index contributed by atoms with van der Waals surface area (Å²) in [4.78, 5) is 4.19. The zero-order chi connectivity index (χ0) is 12.3. The van der Waals surface area contributed by atoms with E-state index in [1.165, 1.54) is 0 Å². The molecule has 0 saturated carbocycles. The van der Waals surface area contributed by atoms with Crippen LogP contribution in [0, 0.1) is 0 Å². The fraction of sp³-hybridized carbons (Fsp3) is 0.0833. The summed E-state index contributed by atoms with van der Waals surface area (Å²) in [5.74, 6) is 0.594. The Labute approximate surface area is 125 Å². The van der Waals surface area contributed by atoms with Crippen LogP contribution in [0.1, 0.15) is 5.56 Å². The van der Waals surface area contributed by atoms with Gasteiger partial charge in [0.05, 0.1) is 4.47 Å². The predicted octanol–water partition coefficient (Wildman–Crippen LogP) is 4.95. The van der Waals surface area contributed by atoms with Gasteiger partial charge in [-0.2, -0.15) is 0 Å². The smallest absolute Gasteiger partial charge is 0.228 e. The highest BCUT2D eigenvalue weighted by Gasteiger charge is 2.03. The van der Waals surface area contributed by atoms with Gasteiger partial charge in [0.1, 0.15) is 6.61 Å². The summed E-state index contributed by atoms with van der Waals surface area (Å²) in [5, 5.41) is 0. The molecule has 0 aliphatic heterocycles. The SMILES string of the molecule is Brc1ccc(COc2ncc(Br)cc2Br)cc1. The lowest BCUT2D eigenvalue weighted by molar-refractivity contribution is 0.291. The van der Waals surface area contributed by atoms with Gasteiger partial charge in [0, 0.05) is 15.1 Å². The van der Waals surface area contributed by atoms with Crippen LogP contribution in [-0.4, -0.2) is 4.98 Å². The topological polar surface area (TPSA) is 22.1 Å². The van der Waals surface area contributed by atoms with Crippen LogP contribution in [0.2, 0.25) is 0 Å². The minimum atomic E-state index is 0.501. The Balaban J connectivity index is 2.04. The van der Waals surface area contributed by atoms with E-state index < -0.39 is 0 Å². The molecular weight excluding hydrogens is 414 g/mol. The van der Waals surface area contributed by atoms with Crippen molar-refractivity contribution in [2.24, 2.45) is 0 Å². The molecule has 0 N–H and O–H groups in total. The maximum Gasteiger partial charge on any atom is 0.228 e. The maximum atomic E-state index is 5.62. The van der Waals surface area contributed by atoms with E-state index in [2.05, 4.69) is 52.8 Å². The third-order valence-electron chi connectivity index (χ3n) is 2.06. The lowest BCUT2D eigenvalue weighted by atomic mass is 10.2. The van der Waals surface area contributed by atoms with Gasteiger partial charge < -0.3 is 4.74 Å². The minimum absolute atomic E-state index is 0.501. The van der Waals surface area contributed by atoms with Crippen molar-refractivity contribution in [2.75, 3.05) is 0 Å². The minimum Gasteiger partial charge on any atom is -0.472 e. The molecule has 17 heavy (non-hydrogen) atoms. The van der Waals surface area contributed by atoms with Gasteiger partial charge in [-0.25, -0.2) is 4.98 Å². The van der Waals surface area contributed by atoms with Gasteiger partial charge in [-0.1, -0.05) is 28.1 Å². The highest BCUT2D eigenvalue weighted by Crippen LogP contribution is 2.26. The molecule has 2 nitrogen and oxygen atoms in total. The Hall–Kier alpha value is -0.390. The Morgan fingerprint density at radius 1 is 1.00 bits per heavy atom. The summed E-state index contributed by atoms with van der Waals surface area (Å²) < 4.78 is 8.44. The number of benzene rings is 1. The molecule has 0 aliphatic carbocycles. The van der Waals surface area contributed by atoms with Crippen molar-refractivity contribution in [3.05, 3.63) is 55.5 Å². The number of nitrogens with zero attached hydrogens (tertiary/aromatic N) is 1. The van der Waals surface area contributed by atoms with Crippen LogP contribution in [0.5, 0.6) is 5.88 Å². The van der Waals surface area contributed by atoms with Crippen LogP contribution in [0.4, 0.5) is 0 Å². The molecule has 0 amide bonds. The second-order valence-electron chi connectivity index (χ2n) is 3.36. The summed E-state index contributed by atoms with van der Waals surface area (Å²) in [6.45, 7) is 0.501. The first-order valence-corrected chi connectivity index (χ1v) is 7.21. The van der Waals surface area contributed by atoms with Gasteiger partial charge in [-0.15, -0.1) is 0 Å². The van der Waals surface area contributed by atoms with Crippen molar-refractivity contribution >= 4 is 47.8 Å². The van der Waals surface area contributed by atoms with Gasteiger partial charge in [0.15, 0.2) is 0 Å². The zero-order valence-corrected chi connectivity index (χ0v) is 13.4. The second-order valence-corrected chi connectivity index (χ2v) is 6.04. The molecule has 0 saturated heterocycles. The first-order chi connectivity index (χ1) is 8.15. The monoisotopic (exact) mass is 419 g/mol. The third-order valence-corrected chi connectivity index (χ3v) is 3.59. The first-order valence-electron chi connectivity index (χ1n) is 4.83. The quantitative estimate of drug-likeness (QED) is 0.699. The molecule has 0 fully saturated rings. The fourth-order valence-corrected chi connectivity index (χ4v) is 2.61. The molecule has 0 aliphatic rings. The highest BCUT2D eigenvalue weighted by molar-refractivity contribution is 9.11. The molecule has 0 spiro atoms. The highest BCUT2D eigenvalue weighted by atomic mass is 79.9. The summed E-state index contributed by atoms with van der Waals surface area (Å²) >= 11 is 10.1. The van der Waals surface area contributed by atoms with Crippen LogP contribution in [-0.2, 0) is 6.61 Å². The average molecular weight is 422 g/mol. The summed E-state index contributed by atoms with van der Waals surface area (Å²) in [5.41, 5.74) is 1.10. The molecule has 5 heteroatoms. The van der Waals surface area contributed by atoms with E-state index in [1.807, 2.05) is 30.3 Å². The average Bonchev–Trinajstić information content (AvgIpc) is 2.30. The molecule has 2 aromatic rings. The van der Waals surface area contributed by atoms with E-state index in [1.54, 1.807) is 6.20 Å². The number of aromatic nitrogens is 1. The lowest BCUT2D eigenvalue weighted by Crippen LogP contribution is -1.97. The molecule has 1 aromatic carbocycles. The van der Waals surface area contributed by atoms with E-state index in [9.17, 15) is 0 Å². The Bertz CT molecular complexity index is 514. The number of ether oxygens (including phenoxy) is 1. The molecule has 0 atom stereocenters. The largest absolute Gasteiger partial charge is 0.472 e. The van der Waals surface area contributed by atoms with Crippen molar-refractivity contribution in [1.82, 2.24) is 4.98 Å². The Morgan fingerprint density at radius 2 is 1.71 bits per heavy atom. The molecule has 2 rings (SSSR count). The summed E-state index contributed by atoms with van der Waals surface area (Å²) in [7, 11) is 0.